The van der Waals surface area contributed by atoms with Crippen LogP contribution in [0.5, 0.6) is 0 Å². The van der Waals surface area contributed by atoms with Gasteiger partial charge in [0.15, 0.2) is 12.6 Å². The second kappa shape index (κ2) is 19.2. The van der Waals surface area contributed by atoms with Gasteiger partial charge in [0.05, 0.1) is 33.0 Å². The molecule has 0 spiro atoms. The zero-order chi connectivity index (χ0) is 32.1. The minimum atomic E-state index is -2.22. The van der Waals surface area contributed by atoms with Gasteiger partial charge in [0, 0.05) is 0 Å². The highest BCUT2D eigenvalue weighted by Gasteiger charge is 2.58. The van der Waals surface area contributed by atoms with E-state index in [-0.39, 0.29) is 19.5 Å². The van der Waals surface area contributed by atoms with E-state index in [4.69, 9.17) is 65.3 Å². The van der Waals surface area contributed by atoms with E-state index in [9.17, 15) is 35.4 Å². The first kappa shape index (κ1) is 39.9. The van der Waals surface area contributed by atoms with Crippen molar-refractivity contribution in [3.05, 3.63) is 0 Å². The normalized spacial score (nSPS) is 36.3. The summed E-state index contributed by atoms with van der Waals surface area (Å²) in [5, 5.41) is 144. The predicted octanol–water partition coefficient (Wildman–Crippen LogP) is -10.4. The van der Waals surface area contributed by atoms with Gasteiger partial charge in [0.1, 0.15) is 79.9 Å². The molecule has 2 aliphatic heterocycles. The van der Waals surface area contributed by atoms with E-state index in [0.29, 0.717) is 0 Å². The Balaban J connectivity index is 0.000000742. The van der Waals surface area contributed by atoms with Crippen molar-refractivity contribution in [3.63, 3.8) is 0 Å². The maximum atomic E-state index is 10.00. The number of rotatable bonds is 12. The average molecular weight is 615 g/mol. The Morgan fingerprint density at radius 2 is 1.24 bits per heavy atom. The molecule has 0 aromatic heterocycles. The van der Waals surface area contributed by atoms with Crippen LogP contribution in [0.1, 0.15) is 0 Å². The minimum Gasteiger partial charge on any atom is -0.394 e. The lowest BCUT2D eigenvalue weighted by Gasteiger charge is -2.43. The number of ether oxygens (including phenoxy) is 3. The second-order valence-electron chi connectivity index (χ2n) is 8.94. The molecule has 0 aromatic carbocycles. The smallest absolute Gasteiger partial charge is 0.224 e. The second-order valence-corrected chi connectivity index (χ2v) is 8.94. The van der Waals surface area contributed by atoms with E-state index in [2.05, 4.69) is 0 Å². The number of aliphatic hydroxyl groups excluding tert-OH is 16. The lowest BCUT2D eigenvalue weighted by molar-refractivity contribution is -0.383. The molecule has 0 saturated carbocycles. The molecule has 2 rings (SSSR count). The predicted molar refractivity (Wildman–Crippen MR) is 126 cm³/mol. The third-order valence-electron chi connectivity index (χ3n) is 5.91. The van der Waals surface area contributed by atoms with Gasteiger partial charge in [-0.1, -0.05) is 0 Å². The molecule has 2 heterocycles. The third kappa shape index (κ3) is 10.8. The first-order valence-corrected chi connectivity index (χ1v) is 12.1. The van der Waals surface area contributed by atoms with E-state index >= 15 is 0 Å². The molecular weight excluding hydrogens is 572 g/mol. The molecule has 246 valence electrons. The van der Waals surface area contributed by atoms with Gasteiger partial charge in [-0.25, -0.2) is 0 Å². The monoisotopic (exact) mass is 614 g/mol. The quantitative estimate of drug-likeness (QED) is 0.0906. The van der Waals surface area contributed by atoms with Crippen molar-refractivity contribution in [1.82, 2.24) is 0 Å². The molecular formula is C21H42O20. The Bertz CT molecular complexity index is 698. The molecule has 2 fully saturated rings. The van der Waals surface area contributed by atoms with Crippen LogP contribution in [0.25, 0.3) is 0 Å². The van der Waals surface area contributed by atoms with Gasteiger partial charge in [0.2, 0.25) is 5.79 Å². The highest BCUT2D eigenvalue weighted by atomic mass is 16.8. The van der Waals surface area contributed by atoms with E-state index in [1.165, 1.54) is 0 Å². The van der Waals surface area contributed by atoms with E-state index in [1.807, 2.05) is 0 Å². The molecule has 0 amide bonds. The molecule has 41 heavy (non-hydrogen) atoms. The summed E-state index contributed by atoms with van der Waals surface area (Å²) in [4.78, 5) is 9.90. The number of hydrogen-bond donors (Lipinski definition) is 16. The summed E-state index contributed by atoms with van der Waals surface area (Å²) < 4.78 is 15.4. The first-order chi connectivity index (χ1) is 19.2. The van der Waals surface area contributed by atoms with Crippen LogP contribution in [-0.2, 0) is 19.0 Å². The summed E-state index contributed by atoms with van der Waals surface area (Å²) in [6.45, 7) is -3.81. The summed E-state index contributed by atoms with van der Waals surface area (Å²) in [6.07, 6.45) is -20.4. The lowest BCUT2D eigenvalue weighted by atomic mass is 9.99. The summed E-state index contributed by atoms with van der Waals surface area (Å²) in [5.74, 6) is -2.22. The summed E-state index contributed by atoms with van der Waals surface area (Å²) in [7, 11) is 0. The van der Waals surface area contributed by atoms with Gasteiger partial charge < -0.3 is 101 Å². The highest BCUT2D eigenvalue weighted by Crippen LogP contribution is 2.35. The van der Waals surface area contributed by atoms with Gasteiger partial charge in [0.25, 0.3) is 0 Å². The van der Waals surface area contributed by atoms with Crippen molar-refractivity contribution in [1.29, 1.82) is 0 Å². The van der Waals surface area contributed by atoms with Crippen LogP contribution in [0.4, 0.5) is 0 Å². The number of carbonyl (C=O) groups excluding carboxylic acids is 1. The number of aldehydes is 1. The largest absolute Gasteiger partial charge is 0.394 e. The van der Waals surface area contributed by atoms with Crippen molar-refractivity contribution < 1.29 is 101 Å². The fourth-order valence-electron chi connectivity index (χ4n) is 3.31. The maximum absolute atomic E-state index is 10.00. The van der Waals surface area contributed by atoms with Crippen molar-refractivity contribution >= 4 is 6.29 Å². The standard InChI is InChI=1S/C12H22O11.C6H12O6.C3H8O3/c13-1-4-6(16)8(18)9(19)11(21-4)23-12(3-15)10(20)7(17)5(2-14)22-12;7-1-3(9)5(11)6(12)4(10)2-8;4-1-3(6)2-5/h4-11,13-20H,1-3H2;1,3-6,8-12H,2H2;3-6H,1-2H2/t4-,5-,6-,7-,8+,9-,10+,11-,12+;3-,4+,5+,6+;/m10./s1. The van der Waals surface area contributed by atoms with Crippen LogP contribution in [0.3, 0.4) is 0 Å². The Kier molecular flexibility index (Phi) is 18.7. The van der Waals surface area contributed by atoms with Gasteiger partial charge in [-0.15, -0.1) is 0 Å². The number of aliphatic hydroxyl groups is 16. The molecule has 20 heteroatoms. The zero-order valence-electron chi connectivity index (χ0n) is 21.6. The molecule has 0 aromatic rings. The molecule has 2 aliphatic rings. The third-order valence-corrected chi connectivity index (χ3v) is 5.91. The highest BCUT2D eigenvalue weighted by molar-refractivity contribution is 5.56. The molecule has 0 radical (unpaired) electrons. The first-order valence-electron chi connectivity index (χ1n) is 12.1. The van der Waals surface area contributed by atoms with E-state index < -0.39 is 112 Å². The lowest BCUT2D eigenvalue weighted by Crippen LogP contribution is -2.62. The van der Waals surface area contributed by atoms with E-state index in [1.54, 1.807) is 0 Å². The topological polar surface area (TPSA) is 368 Å². The Morgan fingerprint density at radius 3 is 1.61 bits per heavy atom. The summed E-state index contributed by atoms with van der Waals surface area (Å²) >= 11 is 0. The molecule has 2 saturated heterocycles. The molecule has 13 atom stereocenters. The van der Waals surface area contributed by atoms with Crippen LogP contribution in [0.15, 0.2) is 0 Å². The SMILES string of the molecule is O=C[C@H](O)[C@@H](O)[C@H](O)[C@H](O)CO.OCC(O)CO.OC[C@H]1O[C@@](CO)(O[C@H]2O[C@H](CO)[C@@H](O)[C@H](O)[C@H]2O)[C@@H](O)[C@@H]1O. The van der Waals surface area contributed by atoms with Crippen LogP contribution >= 0.6 is 0 Å². The van der Waals surface area contributed by atoms with Gasteiger partial charge in [-0.05, 0) is 0 Å². The molecule has 16 N–H and O–H groups in total. The Labute approximate surface area is 232 Å². The fourth-order valence-corrected chi connectivity index (χ4v) is 3.31. The molecule has 0 unspecified atom stereocenters. The minimum absolute atomic E-state index is 0.0258. The average Bonchev–Trinajstić information content (AvgIpc) is 3.24. The fraction of sp³-hybridized carbons (Fsp3) is 0.952. The number of carbonyl (C=O) groups is 1. The van der Waals surface area contributed by atoms with Crippen molar-refractivity contribution in [2.75, 3.05) is 39.6 Å². The van der Waals surface area contributed by atoms with Crippen molar-refractivity contribution in [3.8, 4) is 0 Å². The van der Waals surface area contributed by atoms with Crippen LogP contribution < -0.4 is 0 Å². The summed E-state index contributed by atoms with van der Waals surface area (Å²) in [5.41, 5.74) is 0. The van der Waals surface area contributed by atoms with Crippen LogP contribution in [0, 0.1) is 0 Å². The van der Waals surface area contributed by atoms with E-state index in [0.717, 1.165) is 0 Å². The molecule has 0 bridgehead atoms. The Hall–Kier alpha value is -1.09. The van der Waals surface area contributed by atoms with Crippen LogP contribution in [-0.4, -0.2) is 213 Å². The van der Waals surface area contributed by atoms with Gasteiger partial charge >= 0.3 is 0 Å². The molecule has 0 aliphatic carbocycles. The Morgan fingerprint density at radius 1 is 0.707 bits per heavy atom. The molecule has 20 nitrogen and oxygen atoms in total. The van der Waals surface area contributed by atoms with Gasteiger partial charge in [-0.2, -0.15) is 0 Å². The number of hydrogen-bond acceptors (Lipinski definition) is 20. The maximum Gasteiger partial charge on any atom is 0.224 e. The zero-order valence-corrected chi connectivity index (χ0v) is 21.6. The van der Waals surface area contributed by atoms with Crippen molar-refractivity contribution in [2.24, 2.45) is 0 Å². The van der Waals surface area contributed by atoms with Crippen LogP contribution in [0.2, 0.25) is 0 Å². The summed E-state index contributed by atoms with van der Waals surface area (Å²) in [6, 6.07) is 0. The van der Waals surface area contributed by atoms with Crippen molar-refractivity contribution in [2.45, 2.75) is 85.3 Å². The van der Waals surface area contributed by atoms with Gasteiger partial charge in [-0.3, -0.25) is 0 Å².